The van der Waals surface area contributed by atoms with Gasteiger partial charge in [0.25, 0.3) is 0 Å². The Bertz CT molecular complexity index is 528. The highest BCUT2D eigenvalue weighted by Gasteiger charge is 2.20. The van der Waals surface area contributed by atoms with E-state index in [0.29, 0.717) is 17.3 Å². The van der Waals surface area contributed by atoms with Crippen LogP contribution in [0.1, 0.15) is 24.4 Å². The van der Waals surface area contributed by atoms with E-state index in [9.17, 15) is 0 Å². The molecule has 2 aromatic heterocycles. The predicted octanol–water partition coefficient (Wildman–Crippen LogP) is 1.41. The van der Waals surface area contributed by atoms with Crippen LogP contribution in [-0.2, 0) is 7.05 Å². The van der Waals surface area contributed by atoms with Gasteiger partial charge in [-0.05, 0) is 13.8 Å². The van der Waals surface area contributed by atoms with Gasteiger partial charge in [-0.1, -0.05) is 5.16 Å². The normalized spacial score (nSPS) is 12.8. The number of nitrogens with zero attached hydrogens (tertiary/aromatic N) is 3. The summed E-state index contributed by atoms with van der Waals surface area (Å²) in [5.74, 6) is 1.30. The van der Waals surface area contributed by atoms with Crippen LogP contribution in [0.3, 0.4) is 0 Å². The van der Waals surface area contributed by atoms with E-state index >= 15 is 0 Å². The number of aromatic nitrogens is 3. The summed E-state index contributed by atoms with van der Waals surface area (Å²) in [7, 11) is 3.42. The Kier molecular flexibility index (Phi) is 2.89. The van der Waals surface area contributed by atoms with E-state index in [-0.39, 0.29) is 6.04 Å². The van der Waals surface area contributed by atoms with Crippen LogP contribution in [0.4, 0.5) is 0 Å². The van der Waals surface area contributed by atoms with Gasteiger partial charge in [-0.25, -0.2) is 4.68 Å². The van der Waals surface area contributed by atoms with Gasteiger partial charge in [0.15, 0.2) is 5.76 Å². The first-order chi connectivity index (χ1) is 8.04. The molecule has 6 nitrogen and oxygen atoms in total. The fraction of sp³-hybridized carbons (Fsp3) is 0.455. The fourth-order valence-corrected chi connectivity index (χ4v) is 1.79. The van der Waals surface area contributed by atoms with Crippen molar-refractivity contribution in [3.63, 3.8) is 0 Å². The topological polar surface area (TPSA) is 79.1 Å². The van der Waals surface area contributed by atoms with Gasteiger partial charge < -0.3 is 15.0 Å². The first kappa shape index (κ1) is 11.7. The third kappa shape index (κ3) is 1.91. The Balaban J connectivity index is 2.52. The molecule has 0 fully saturated rings. The molecule has 17 heavy (non-hydrogen) atoms. The summed E-state index contributed by atoms with van der Waals surface area (Å²) in [4.78, 5) is 0. The van der Waals surface area contributed by atoms with Crippen molar-refractivity contribution in [3.05, 3.63) is 17.5 Å². The van der Waals surface area contributed by atoms with Gasteiger partial charge in [-0.2, -0.15) is 5.10 Å². The van der Waals surface area contributed by atoms with E-state index < -0.39 is 0 Å². The molecule has 6 heteroatoms. The van der Waals surface area contributed by atoms with Crippen LogP contribution in [0, 0.1) is 6.92 Å². The molecule has 2 aromatic rings. The molecule has 0 radical (unpaired) electrons. The number of aryl methyl sites for hydroxylation is 2. The largest absolute Gasteiger partial charge is 0.481 e. The van der Waals surface area contributed by atoms with Crippen molar-refractivity contribution in [2.45, 2.75) is 19.9 Å². The number of nitrogens with two attached hydrogens (primary N) is 1. The maximum Gasteiger partial charge on any atom is 0.221 e. The van der Waals surface area contributed by atoms with E-state index in [1.54, 1.807) is 11.8 Å². The minimum absolute atomic E-state index is 0.181. The maximum absolute atomic E-state index is 5.73. The van der Waals surface area contributed by atoms with Gasteiger partial charge in [0.1, 0.15) is 5.69 Å². The highest BCUT2D eigenvalue weighted by molar-refractivity contribution is 5.68. The van der Waals surface area contributed by atoms with E-state index in [2.05, 4.69) is 10.3 Å². The van der Waals surface area contributed by atoms with Crippen molar-refractivity contribution in [2.75, 3.05) is 7.11 Å². The van der Waals surface area contributed by atoms with Crippen LogP contribution < -0.4 is 10.5 Å². The summed E-state index contributed by atoms with van der Waals surface area (Å²) in [5.41, 5.74) is 8.11. The van der Waals surface area contributed by atoms with Crippen molar-refractivity contribution < 1.29 is 9.26 Å². The number of ether oxygens (including phenoxy) is 1. The molecule has 92 valence electrons. The molecular formula is C11H16N4O2. The average molecular weight is 236 g/mol. The van der Waals surface area contributed by atoms with Gasteiger partial charge >= 0.3 is 0 Å². The number of methoxy groups -OCH3 is 1. The molecule has 0 saturated heterocycles. The van der Waals surface area contributed by atoms with Crippen molar-refractivity contribution in [1.82, 2.24) is 14.9 Å². The lowest BCUT2D eigenvalue weighted by Gasteiger charge is -2.01. The lowest BCUT2D eigenvalue weighted by Crippen LogP contribution is -2.02. The molecule has 0 aliphatic rings. The van der Waals surface area contributed by atoms with E-state index in [4.69, 9.17) is 15.0 Å². The molecule has 0 aromatic carbocycles. The van der Waals surface area contributed by atoms with Crippen LogP contribution in [0.25, 0.3) is 11.3 Å². The minimum atomic E-state index is -0.181. The molecule has 0 bridgehead atoms. The lowest BCUT2D eigenvalue weighted by atomic mass is 10.1. The Morgan fingerprint density at radius 2 is 2.24 bits per heavy atom. The highest BCUT2D eigenvalue weighted by Crippen LogP contribution is 2.32. The van der Waals surface area contributed by atoms with E-state index in [0.717, 1.165) is 11.3 Å². The Labute approximate surface area is 99.3 Å². The van der Waals surface area contributed by atoms with Crippen molar-refractivity contribution >= 4 is 0 Å². The maximum atomic E-state index is 5.73. The number of hydrogen-bond acceptors (Lipinski definition) is 5. The molecule has 0 saturated carbocycles. The molecule has 2 N–H and O–H groups in total. The third-order valence-corrected chi connectivity index (χ3v) is 2.60. The van der Waals surface area contributed by atoms with Gasteiger partial charge in [0.05, 0.1) is 24.4 Å². The van der Waals surface area contributed by atoms with Crippen molar-refractivity contribution in [1.29, 1.82) is 0 Å². The molecule has 2 heterocycles. The number of rotatable bonds is 3. The van der Waals surface area contributed by atoms with Crippen molar-refractivity contribution in [2.24, 2.45) is 12.8 Å². The van der Waals surface area contributed by atoms with Gasteiger partial charge in [-0.15, -0.1) is 0 Å². The molecule has 2 rings (SSSR count). The lowest BCUT2D eigenvalue weighted by molar-refractivity contribution is 0.365. The second-order valence-electron chi connectivity index (χ2n) is 4.00. The molecule has 0 aliphatic heterocycles. The molecular weight excluding hydrogens is 220 g/mol. The Morgan fingerprint density at radius 1 is 1.53 bits per heavy atom. The van der Waals surface area contributed by atoms with E-state index in [1.807, 2.05) is 27.0 Å². The zero-order chi connectivity index (χ0) is 12.6. The minimum Gasteiger partial charge on any atom is -0.481 e. The van der Waals surface area contributed by atoms with Crippen molar-refractivity contribution in [3.8, 4) is 17.1 Å². The second-order valence-corrected chi connectivity index (χ2v) is 4.00. The van der Waals surface area contributed by atoms with Crippen LogP contribution in [0.15, 0.2) is 10.6 Å². The summed E-state index contributed by atoms with van der Waals surface area (Å²) in [5, 5.41) is 8.29. The first-order valence-corrected chi connectivity index (χ1v) is 5.34. The van der Waals surface area contributed by atoms with Crippen LogP contribution in [0.2, 0.25) is 0 Å². The van der Waals surface area contributed by atoms with Gasteiger partial charge in [-0.3, -0.25) is 0 Å². The predicted molar refractivity (Wildman–Crippen MR) is 62.6 cm³/mol. The average Bonchev–Trinajstić information content (AvgIpc) is 2.82. The summed E-state index contributed by atoms with van der Waals surface area (Å²) in [6, 6.07) is 1.64. The molecule has 0 aliphatic carbocycles. The van der Waals surface area contributed by atoms with E-state index in [1.165, 1.54) is 0 Å². The molecule has 0 amide bonds. The first-order valence-electron chi connectivity index (χ1n) is 5.34. The Hall–Kier alpha value is -1.82. The van der Waals surface area contributed by atoms with Crippen LogP contribution in [-0.4, -0.2) is 22.0 Å². The summed E-state index contributed by atoms with van der Waals surface area (Å²) < 4.78 is 12.2. The smallest absolute Gasteiger partial charge is 0.221 e. The monoisotopic (exact) mass is 236 g/mol. The summed E-state index contributed by atoms with van der Waals surface area (Å²) in [6.07, 6.45) is 0. The van der Waals surface area contributed by atoms with Crippen LogP contribution in [0.5, 0.6) is 5.88 Å². The highest BCUT2D eigenvalue weighted by atomic mass is 16.5. The van der Waals surface area contributed by atoms with Gasteiger partial charge in [0, 0.05) is 13.1 Å². The third-order valence-electron chi connectivity index (χ3n) is 2.60. The quantitative estimate of drug-likeness (QED) is 0.871. The summed E-state index contributed by atoms with van der Waals surface area (Å²) in [6.45, 7) is 3.75. The molecule has 0 spiro atoms. The SMILES string of the molecule is COc1c(-c2cc(C(C)N)on2)c(C)nn1C. The molecule has 1 atom stereocenters. The van der Waals surface area contributed by atoms with Gasteiger partial charge in [0.2, 0.25) is 5.88 Å². The second kappa shape index (κ2) is 4.21. The zero-order valence-electron chi connectivity index (χ0n) is 10.4. The molecule has 1 unspecified atom stereocenters. The van der Waals surface area contributed by atoms with Crippen LogP contribution >= 0.6 is 0 Å². The standard InChI is InChI=1S/C11H16N4O2/c1-6(12)9-5-8(14-17-9)10-7(2)13-15(3)11(10)16-4/h5-6H,12H2,1-4H3. The number of hydrogen-bond donors (Lipinski definition) is 1. The fourth-order valence-electron chi connectivity index (χ4n) is 1.79. The Morgan fingerprint density at radius 3 is 2.76 bits per heavy atom. The zero-order valence-corrected chi connectivity index (χ0v) is 10.4. The summed E-state index contributed by atoms with van der Waals surface area (Å²) >= 11 is 0.